The van der Waals surface area contributed by atoms with Gasteiger partial charge in [-0.25, -0.2) is 4.99 Å². The summed E-state index contributed by atoms with van der Waals surface area (Å²) in [5, 5.41) is 1.83. The number of rotatable bonds is 4. The summed E-state index contributed by atoms with van der Waals surface area (Å²) in [6.45, 7) is 4.95. The van der Waals surface area contributed by atoms with Crippen LogP contribution in [0.4, 0.5) is 5.69 Å². The zero-order valence-electron chi connectivity index (χ0n) is 18.9. The van der Waals surface area contributed by atoms with Gasteiger partial charge in [0.25, 0.3) is 5.91 Å². The molecule has 4 aromatic rings. The molecule has 0 radical (unpaired) electrons. The van der Waals surface area contributed by atoms with Crippen LogP contribution in [0, 0.1) is 13.8 Å². The number of amidine groups is 1. The Balaban J connectivity index is 1.50. The quantitative estimate of drug-likeness (QED) is 0.330. The summed E-state index contributed by atoms with van der Waals surface area (Å²) in [5.74, 6) is -0.0265. The van der Waals surface area contributed by atoms with E-state index in [0.29, 0.717) is 10.1 Å². The van der Waals surface area contributed by atoms with E-state index in [0.717, 1.165) is 28.7 Å². The number of aromatic nitrogens is 1. The molecule has 1 aliphatic heterocycles. The highest BCUT2D eigenvalue weighted by Gasteiger charge is 2.30. The van der Waals surface area contributed by atoms with E-state index < -0.39 is 0 Å². The fourth-order valence-corrected chi connectivity index (χ4v) is 5.03. The third-order valence-corrected chi connectivity index (χ3v) is 6.86. The predicted molar refractivity (Wildman–Crippen MR) is 139 cm³/mol. The maximum absolute atomic E-state index is 13.0. The van der Waals surface area contributed by atoms with Crippen LogP contribution in [-0.4, -0.2) is 27.6 Å². The third kappa shape index (κ3) is 4.37. The van der Waals surface area contributed by atoms with Crippen molar-refractivity contribution >= 4 is 45.5 Å². The van der Waals surface area contributed by atoms with Gasteiger partial charge in [0, 0.05) is 36.3 Å². The molecule has 33 heavy (non-hydrogen) atoms. The first-order valence-electron chi connectivity index (χ1n) is 10.9. The van der Waals surface area contributed by atoms with Crippen LogP contribution in [0.5, 0.6) is 0 Å². The predicted octanol–water partition coefficient (Wildman–Crippen LogP) is 6.54. The molecule has 0 aliphatic carbocycles. The summed E-state index contributed by atoms with van der Waals surface area (Å²) in [7, 11) is 1.78. The van der Waals surface area contributed by atoms with Crippen LogP contribution in [0.25, 0.3) is 17.0 Å². The summed E-state index contributed by atoms with van der Waals surface area (Å²) < 4.78 is 2.26. The van der Waals surface area contributed by atoms with Gasteiger partial charge in [-0.2, -0.15) is 0 Å². The van der Waals surface area contributed by atoms with Crippen LogP contribution in [0.2, 0.25) is 0 Å². The van der Waals surface area contributed by atoms with Crippen LogP contribution in [0.15, 0.2) is 88.9 Å². The van der Waals surface area contributed by atoms with E-state index in [1.54, 1.807) is 11.9 Å². The number of aryl methyl sites for hydroxylation is 2. The second kappa shape index (κ2) is 8.75. The van der Waals surface area contributed by atoms with Gasteiger partial charge in [0.2, 0.25) is 0 Å². The maximum Gasteiger partial charge on any atom is 0.266 e. The lowest BCUT2D eigenvalue weighted by molar-refractivity contribution is -0.121. The van der Waals surface area contributed by atoms with Gasteiger partial charge in [-0.1, -0.05) is 65.7 Å². The Morgan fingerprint density at radius 2 is 1.73 bits per heavy atom. The number of likely N-dealkylation sites (N-methyl/N-ethyl adjacent to an activating group) is 1. The number of aliphatic imine (C=N–C) groups is 1. The minimum atomic E-state index is -0.0265. The molecule has 3 aromatic carbocycles. The molecule has 2 heterocycles. The van der Waals surface area contributed by atoms with Crippen LogP contribution in [0.1, 0.15) is 22.3 Å². The Bertz CT molecular complexity index is 1410. The number of amides is 1. The number of hydrogen-bond donors (Lipinski definition) is 0. The molecule has 5 heteroatoms. The molecule has 0 unspecified atom stereocenters. The van der Waals surface area contributed by atoms with Crippen LogP contribution in [0.3, 0.4) is 0 Å². The molecule has 0 N–H and O–H groups in total. The molecule has 0 saturated carbocycles. The Labute approximate surface area is 198 Å². The van der Waals surface area contributed by atoms with Gasteiger partial charge in [-0.3, -0.25) is 9.69 Å². The van der Waals surface area contributed by atoms with Gasteiger partial charge < -0.3 is 4.57 Å². The molecule has 5 rings (SSSR count). The summed E-state index contributed by atoms with van der Waals surface area (Å²) in [5.41, 5.74) is 6.74. The summed E-state index contributed by atoms with van der Waals surface area (Å²) in [4.78, 5) is 20.0. The molecular weight excluding hydrogens is 426 g/mol. The average molecular weight is 452 g/mol. The number of carbonyl (C=O) groups is 1. The largest absolute Gasteiger partial charge is 0.342 e. The SMILES string of the molecule is Cc1ccc(N=C2S/C(=C/c3cn(Cc4cccc(C)c4)c4ccccc34)C(=O)N2C)cc1. The Morgan fingerprint density at radius 1 is 0.939 bits per heavy atom. The van der Waals surface area contributed by atoms with E-state index in [1.165, 1.54) is 28.5 Å². The molecule has 164 valence electrons. The van der Waals surface area contributed by atoms with Crippen LogP contribution in [-0.2, 0) is 11.3 Å². The van der Waals surface area contributed by atoms with Gasteiger partial charge in [-0.05, 0) is 55.4 Å². The molecule has 1 amide bonds. The molecular formula is C28H25N3OS. The van der Waals surface area contributed by atoms with E-state index in [-0.39, 0.29) is 5.91 Å². The lowest BCUT2D eigenvalue weighted by Crippen LogP contribution is -2.23. The molecule has 1 aliphatic rings. The van der Waals surface area contributed by atoms with E-state index >= 15 is 0 Å². The van der Waals surface area contributed by atoms with Crippen molar-refractivity contribution in [3.8, 4) is 0 Å². The second-order valence-corrected chi connectivity index (χ2v) is 9.43. The lowest BCUT2D eigenvalue weighted by Gasteiger charge is -2.07. The Kier molecular flexibility index (Phi) is 5.65. The number of thioether (sulfide) groups is 1. The third-order valence-electron chi connectivity index (χ3n) is 5.80. The van der Waals surface area contributed by atoms with E-state index in [2.05, 4.69) is 60.2 Å². The zero-order valence-corrected chi connectivity index (χ0v) is 19.8. The fraction of sp³-hybridized carbons (Fsp3) is 0.143. The number of carbonyl (C=O) groups excluding carboxylic acids is 1. The monoisotopic (exact) mass is 451 g/mol. The van der Waals surface area contributed by atoms with Crippen molar-refractivity contribution in [2.75, 3.05) is 7.05 Å². The topological polar surface area (TPSA) is 37.6 Å². The lowest BCUT2D eigenvalue weighted by atomic mass is 10.1. The van der Waals surface area contributed by atoms with E-state index in [9.17, 15) is 4.79 Å². The normalized spacial score (nSPS) is 16.5. The van der Waals surface area contributed by atoms with Crippen LogP contribution >= 0.6 is 11.8 Å². The van der Waals surface area contributed by atoms with Gasteiger partial charge in [-0.15, -0.1) is 0 Å². The van der Waals surface area contributed by atoms with E-state index in [1.807, 2.05) is 43.3 Å². The standard InChI is InChI=1S/C28H25N3OS/c1-19-11-13-23(14-12-19)29-28-30(3)27(32)26(33-28)16-22-18-31(25-10-5-4-9-24(22)25)17-21-8-6-7-20(2)15-21/h4-16,18H,17H2,1-3H3/b26-16+,29-28?. The van der Waals surface area contributed by atoms with Crippen molar-refractivity contribution in [3.05, 3.63) is 106 Å². The second-order valence-electron chi connectivity index (χ2n) is 8.42. The van der Waals surface area contributed by atoms with Crippen molar-refractivity contribution in [2.45, 2.75) is 20.4 Å². The fourth-order valence-electron chi connectivity index (χ4n) is 4.05. The number of fused-ring (bicyclic) bond motifs is 1. The highest BCUT2D eigenvalue weighted by molar-refractivity contribution is 8.18. The number of para-hydroxylation sites is 1. The minimum Gasteiger partial charge on any atom is -0.342 e. The van der Waals surface area contributed by atoms with Gasteiger partial charge >= 0.3 is 0 Å². The Hall–Kier alpha value is -3.57. The zero-order chi connectivity index (χ0) is 22.9. The highest BCUT2D eigenvalue weighted by atomic mass is 32.2. The van der Waals surface area contributed by atoms with Crippen molar-refractivity contribution < 1.29 is 4.79 Å². The summed E-state index contributed by atoms with van der Waals surface area (Å²) >= 11 is 1.42. The van der Waals surface area contributed by atoms with Crippen molar-refractivity contribution in [1.82, 2.24) is 9.47 Å². The molecule has 0 bridgehead atoms. The van der Waals surface area contributed by atoms with Gasteiger partial charge in [0.1, 0.15) is 0 Å². The van der Waals surface area contributed by atoms with Gasteiger partial charge in [0.15, 0.2) is 5.17 Å². The van der Waals surface area contributed by atoms with Crippen molar-refractivity contribution in [2.24, 2.45) is 4.99 Å². The summed E-state index contributed by atoms with van der Waals surface area (Å²) in [6.07, 6.45) is 4.14. The maximum atomic E-state index is 13.0. The molecule has 4 nitrogen and oxygen atoms in total. The Morgan fingerprint density at radius 3 is 2.52 bits per heavy atom. The van der Waals surface area contributed by atoms with Crippen molar-refractivity contribution in [1.29, 1.82) is 0 Å². The molecule has 0 spiro atoms. The number of hydrogen-bond acceptors (Lipinski definition) is 3. The highest BCUT2D eigenvalue weighted by Crippen LogP contribution is 2.35. The molecule has 1 aromatic heterocycles. The number of benzene rings is 3. The smallest absolute Gasteiger partial charge is 0.266 e. The molecule has 0 atom stereocenters. The first kappa shape index (κ1) is 21.3. The summed E-state index contributed by atoms with van der Waals surface area (Å²) in [6, 6.07) is 24.9. The first-order valence-corrected chi connectivity index (χ1v) is 11.8. The van der Waals surface area contributed by atoms with Crippen LogP contribution < -0.4 is 0 Å². The first-order chi connectivity index (χ1) is 16.0. The minimum absolute atomic E-state index is 0.0265. The molecule has 1 saturated heterocycles. The average Bonchev–Trinajstić information content (AvgIpc) is 3.28. The van der Waals surface area contributed by atoms with Gasteiger partial charge in [0.05, 0.1) is 10.6 Å². The molecule has 1 fully saturated rings. The van der Waals surface area contributed by atoms with E-state index in [4.69, 9.17) is 4.99 Å². The van der Waals surface area contributed by atoms with Crippen molar-refractivity contribution in [3.63, 3.8) is 0 Å². The number of nitrogens with zero attached hydrogens (tertiary/aromatic N) is 3.